The molecule has 4 heteroatoms. The van der Waals surface area contributed by atoms with Gasteiger partial charge < -0.3 is 5.73 Å². The van der Waals surface area contributed by atoms with Crippen LogP contribution in [0.1, 0.15) is 11.3 Å². The third-order valence-corrected chi connectivity index (χ3v) is 3.28. The van der Waals surface area contributed by atoms with Crippen LogP contribution >= 0.6 is 11.8 Å². The van der Waals surface area contributed by atoms with Crippen LogP contribution in [0.2, 0.25) is 0 Å². The second kappa shape index (κ2) is 5.01. The van der Waals surface area contributed by atoms with E-state index in [1.807, 2.05) is 24.3 Å². The van der Waals surface area contributed by atoms with E-state index in [0.29, 0.717) is 5.69 Å². The van der Waals surface area contributed by atoms with E-state index < -0.39 is 0 Å². The Balaban J connectivity index is 2.33. The summed E-state index contributed by atoms with van der Waals surface area (Å²) in [5.74, 6) is 0.000697. The molecular formula is C13H13N3S. The zero-order valence-corrected chi connectivity index (χ0v) is 10.3. The second-order valence-corrected chi connectivity index (χ2v) is 4.80. The van der Waals surface area contributed by atoms with Crippen molar-refractivity contribution >= 4 is 17.6 Å². The maximum Gasteiger partial charge on any atom is 0.142 e. The molecule has 3 N–H and O–H groups in total. The van der Waals surface area contributed by atoms with Crippen LogP contribution in [0.25, 0.3) is 0 Å². The van der Waals surface area contributed by atoms with Crippen molar-refractivity contribution in [3.63, 3.8) is 0 Å². The first-order chi connectivity index (χ1) is 8.16. The van der Waals surface area contributed by atoms with Crippen molar-refractivity contribution in [2.24, 2.45) is 5.73 Å². The molecule has 0 fully saturated rings. The molecule has 1 aromatic heterocycles. The molecule has 1 heterocycles. The van der Waals surface area contributed by atoms with Gasteiger partial charge in [-0.05, 0) is 31.2 Å². The fourth-order valence-corrected chi connectivity index (χ4v) is 2.53. The molecule has 0 saturated carbocycles. The Hall–Kier alpha value is -1.81. The molecule has 0 bridgehead atoms. The van der Waals surface area contributed by atoms with Crippen molar-refractivity contribution in [3.8, 4) is 0 Å². The van der Waals surface area contributed by atoms with Crippen LogP contribution in [0.5, 0.6) is 0 Å². The van der Waals surface area contributed by atoms with Gasteiger partial charge in [0, 0.05) is 16.0 Å². The largest absolute Gasteiger partial charge is 0.382 e. The Morgan fingerprint density at radius 1 is 1.29 bits per heavy atom. The molecule has 0 aliphatic heterocycles. The monoisotopic (exact) mass is 243 g/mol. The molecule has 3 nitrogen and oxygen atoms in total. The van der Waals surface area contributed by atoms with Gasteiger partial charge in [-0.25, -0.2) is 0 Å². The number of nitrogens with zero attached hydrogens (tertiary/aromatic N) is 1. The summed E-state index contributed by atoms with van der Waals surface area (Å²) in [4.78, 5) is 6.16. The molecule has 0 radical (unpaired) electrons. The van der Waals surface area contributed by atoms with E-state index in [-0.39, 0.29) is 5.84 Å². The summed E-state index contributed by atoms with van der Waals surface area (Å²) < 4.78 is 0. The van der Waals surface area contributed by atoms with Gasteiger partial charge in [-0.15, -0.1) is 0 Å². The number of nitrogens with one attached hydrogen (secondary N) is 1. The summed E-state index contributed by atoms with van der Waals surface area (Å²) in [6.07, 6.45) is 1.65. The average Bonchev–Trinajstić information content (AvgIpc) is 2.29. The number of aromatic nitrogens is 1. The fourth-order valence-electron chi connectivity index (χ4n) is 1.48. The van der Waals surface area contributed by atoms with Gasteiger partial charge in [0.25, 0.3) is 0 Å². The smallest absolute Gasteiger partial charge is 0.142 e. The van der Waals surface area contributed by atoms with E-state index >= 15 is 0 Å². The molecule has 0 spiro atoms. The highest BCUT2D eigenvalue weighted by atomic mass is 32.2. The molecule has 0 aliphatic rings. The predicted molar refractivity (Wildman–Crippen MR) is 70.6 cm³/mol. The molecule has 0 atom stereocenters. The Bertz CT molecular complexity index is 552. The topological polar surface area (TPSA) is 62.8 Å². The molecule has 17 heavy (non-hydrogen) atoms. The van der Waals surface area contributed by atoms with E-state index in [1.165, 1.54) is 5.56 Å². The standard InChI is InChI=1S/C13H13N3S/c1-9-4-2-5-10(8-9)17-11-6-3-7-16-12(11)13(14)15/h2-8H,1H3,(H3,14,15). The van der Waals surface area contributed by atoms with E-state index in [0.717, 1.165) is 9.79 Å². The zero-order chi connectivity index (χ0) is 12.3. The van der Waals surface area contributed by atoms with Gasteiger partial charge in [0.05, 0.1) is 0 Å². The Kier molecular flexibility index (Phi) is 3.44. The van der Waals surface area contributed by atoms with Gasteiger partial charge >= 0.3 is 0 Å². The Labute approximate surface area is 105 Å². The van der Waals surface area contributed by atoms with Gasteiger partial charge in [-0.2, -0.15) is 0 Å². The summed E-state index contributed by atoms with van der Waals surface area (Å²) in [6, 6.07) is 12.0. The minimum atomic E-state index is 0.000697. The second-order valence-electron chi connectivity index (χ2n) is 3.68. The SMILES string of the molecule is Cc1cccc(Sc2cccnc2C(=N)N)c1. The summed E-state index contributed by atoms with van der Waals surface area (Å²) in [6.45, 7) is 2.05. The quantitative estimate of drug-likeness (QED) is 0.643. The Morgan fingerprint density at radius 2 is 2.12 bits per heavy atom. The third-order valence-electron chi connectivity index (χ3n) is 2.24. The number of benzene rings is 1. The minimum absolute atomic E-state index is 0.000697. The zero-order valence-electron chi connectivity index (χ0n) is 9.47. The molecule has 86 valence electrons. The summed E-state index contributed by atoms with van der Waals surface area (Å²) in [7, 11) is 0. The molecule has 0 unspecified atom stereocenters. The maximum absolute atomic E-state index is 7.49. The molecule has 2 rings (SSSR count). The third kappa shape index (κ3) is 2.85. The van der Waals surface area contributed by atoms with E-state index in [9.17, 15) is 0 Å². The van der Waals surface area contributed by atoms with E-state index in [2.05, 4.69) is 24.0 Å². The van der Waals surface area contributed by atoms with Crippen molar-refractivity contribution in [2.45, 2.75) is 16.7 Å². The minimum Gasteiger partial charge on any atom is -0.382 e. The molecule has 0 saturated heterocycles. The van der Waals surface area contributed by atoms with Crippen molar-refractivity contribution in [2.75, 3.05) is 0 Å². The van der Waals surface area contributed by atoms with Gasteiger partial charge in [0.15, 0.2) is 0 Å². The highest BCUT2D eigenvalue weighted by Crippen LogP contribution is 2.29. The lowest BCUT2D eigenvalue weighted by Crippen LogP contribution is -2.14. The number of nitrogens with two attached hydrogens (primary N) is 1. The molecule has 0 aliphatic carbocycles. The van der Waals surface area contributed by atoms with Gasteiger partial charge in [-0.3, -0.25) is 10.4 Å². The number of nitrogen functional groups attached to an aromatic ring is 1. The first kappa shape index (κ1) is 11.7. The lowest BCUT2D eigenvalue weighted by molar-refractivity contribution is 1.17. The van der Waals surface area contributed by atoms with Gasteiger partial charge in [0.2, 0.25) is 0 Å². The average molecular weight is 243 g/mol. The first-order valence-corrected chi connectivity index (χ1v) is 6.02. The van der Waals surface area contributed by atoms with E-state index in [1.54, 1.807) is 18.0 Å². The first-order valence-electron chi connectivity index (χ1n) is 5.21. The number of aryl methyl sites for hydroxylation is 1. The summed E-state index contributed by atoms with van der Waals surface area (Å²) in [5, 5.41) is 7.49. The molecular weight excluding hydrogens is 230 g/mol. The maximum atomic E-state index is 7.49. The van der Waals surface area contributed by atoms with Gasteiger partial charge in [0.1, 0.15) is 11.5 Å². The van der Waals surface area contributed by atoms with Crippen LogP contribution in [0.4, 0.5) is 0 Å². The van der Waals surface area contributed by atoms with Crippen LogP contribution in [0.3, 0.4) is 0 Å². The van der Waals surface area contributed by atoms with Crippen LogP contribution in [0.15, 0.2) is 52.4 Å². The number of hydrogen-bond acceptors (Lipinski definition) is 3. The fraction of sp³-hybridized carbons (Fsp3) is 0.0769. The number of hydrogen-bond donors (Lipinski definition) is 2. The summed E-state index contributed by atoms with van der Waals surface area (Å²) >= 11 is 1.57. The normalized spacial score (nSPS) is 10.2. The van der Waals surface area contributed by atoms with Crippen LogP contribution in [-0.2, 0) is 0 Å². The van der Waals surface area contributed by atoms with Crippen LogP contribution in [0, 0.1) is 12.3 Å². The highest BCUT2D eigenvalue weighted by Gasteiger charge is 2.07. The lowest BCUT2D eigenvalue weighted by Gasteiger charge is -2.06. The van der Waals surface area contributed by atoms with Crippen molar-refractivity contribution in [1.82, 2.24) is 4.98 Å². The molecule has 2 aromatic rings. The Morgan fingerprint density at radius 3 is 2.82 bits per heavy atom. The van der Waals surface area contributed by atoms with Crippen LogP contribution in [-0.4, -0.2) is 10.8 Å². The highest BCUT2D eigenvalue weighted by molar-refractivity contribution is 7.99. The van der Waals surface area contributed by atoms with E-state index in [4.69, 9.17) is 11.1 Å². The van der Waals surface area contributed by atoms with Crippen molar-refractivity contribution in [1.29, 1.82) is 5.41 Å². The number of pyridine rings is 1. The number of rotatable bonds is 3. The van der Waals surface area contributed by atoms with Crippen molar-refractivity contribution < 1.29 is 0 Å². The molecule has 0 amide bonds. The van der Waals surface area contributed by atoms with Crippen molar-refractivity contribution in [3.05, 3.63) is 53.9 Å². The number of amidine groups is 1. The van der Waals surface area contributed by atoms with Gasteiger partial charge in [-0.1, -0.05) is 29.5 Å². The predicted octanol–water partition coefficient (Wildman–Crippen LogP) is 2.83. The molecule has 1 aromatic carbocycles. The lowest BCUT2D eigenvalue weighted by atomic mass is 10.2. The van der Waals surface area contributed by atoms with Crippen LogP contribution < -0.4 is 5.73 Å². The summed E-state index contributed by atoms with van der Waals surface area (Å²) in [5.41, 5.74) is 7.26.